The zero-order valence-corrected chi connectivity index (χ0v) is 6.75. The van der Waals surface area contributed by atoms with Crippen LogP contribution in [0, 0.1) is 0 Å². The van der Waals surface area contributed by atoms with Crippen molar-refractivity contribution in [1.82, 2.24) is 0 Å². The first kappa shape index (κ1) is 7.28. The van der Waals surface area contributed by atoms with Crippen molar-refractivity contribution in [1.29, 1.82) is 0 Å². The van der Waals surface area contributed by atoms with Crippen LogP contribution in [-0.4, -0.2) is 11.4 Å². The molecule has 0 aromatic heterocycles. The van der Waals surface area contributed by atoms with Gasteiger partial charge in [0.25, 0.3) is 0 Å². The summed E-state index contributed by atoms with van der Waals surface area (Å²) in [4.78, 5) is 0. The molecule has 1 aromatic rings. The lowest BCUT2D eigenvalue weighted by molar-refractivity contribution is 0.322. The molecule has 0 aliphatic heterocycles. The molecule has 0 bridgehead atoms. The molecule has 52 valence electrons. The van der Waals surface area contributed by atoms with Crippen molar-refractivity contribution in [3.63, 3.8) is 0 Å². The molecule has 0 aliphatic rings. The SMILES string of the molecule is ON=Cc1cccc(Br)c1. The van der Waals surface area contributed by atoms with Crippen LogP contribution in [0.4, 0.5) is 0 Å². The molecule has 0 heterocycles. The highest BCUT2D eigenvalue weighted by Gasteiger charge is 1.87. The van der Waals surface area contributed by atoms with Crippen LogP contribution in [0.1, 0.15) is 5.56 Å². The smallest absolute Gasteiger partial charge is 0.0734 e. The van der Waals surface area contributed by atoms with E-state index in [2.05, 4.69) is 21.1 Å². The van der Waals surface area contributed by atoms with Crippen molar-refractivity contribution in [2.75, 3.05) is 0 Å². The molecule has 1 aromatic carbocycles. The average Bonchev–Trinajstić information content (AvgIpc) is 1.88. The molecule has 0 atom stereocenters. The lowest BCUT2D eigenvalue weighted by atomic mass is 10.2. The first-order chi connectivity index (χ1) is 4.83. The quantitative estimate of drug-likeness (QED) is 0.421. The van der Waals surface area contributed by atoms with Gasteiger partial charge in [-0.05, 0) is 17.7 Å². The van der Waals surface area contributed by atoms with Crippen LogP contribution in [0.25, 0.3) is 0 Å². The topological polar surface area (TPSA) is 32.6 Å². The van der Waals surface area contributed by atoms with Gasteiger partial charge >= 0.3 is 0 Å². The summed E-state index contributed by atoms with van der Waals surface area (Å²) in [6.07, 6.45) is 1.38. The number of halogens is 1. The Labute approximate surface area is 67.3 Å². The van der Waals surface area contributed by atoms with E-state index >= 15 is 0 Å². The van der Waals surface area contributed by atoms with Crippen LogP contribution in [0.2, 0.25) is 0 Å². The lowest BCUT2D eigenvalue weighted by Gasteiger charge is -1.90. The second-order valence-electron chi connectivity index (χ2n) is 1.80. The molecule has 0 unspecified atom stereocenters. The molecule has 0 saturated carbocycles. The molecule has 0 aliphatic carbocycles. The van der Waals surface area contributed by atoms with E-state index in [0.717, 1.165) is 10.0 Å². The summed E-state index contributed by atoms with van der Waals surface area (Å²) in [7, 11) is 0. The number of benzene rings is 1. The van der Waals surface area contributed by atoms with Gasteiger partial charge in [-0.3, -0.25) is 0 Å². The summed E-state index contributed by atoms with van der Waals surface area (Å²) in [5, 5.41) is 11.1. The number of oxime groups is 1. The molecule has 10 heavy (non-hydrogen) atoms. The monoisotopic (exact) mass is 199 g/mol. The zero-order valence-electron chi connectivity index (χ0n) is 5.16. The van der Waals surface area contributed by atoms with E-state index in [1.807, 2.05) is 24.3 Å². The standard InChI is InChI=1S/C7H6BrNO/c8-7-3-1-2-6(4-7)5-9-10/h1-5,10H. The Morgan fingerprint density at radius 1 is 1.50 bits per heavy atom. The average molecular weight is 200 g/mol. The normalized spacial score (nSPS) is 10.5. The molecular weight excluding hydrogens is 194 g/mol. The Morgan fingerprint density at radius 3 is 2.90 bits per heavy atom. The van der Waals surface area contributed by atoms with E-state index in [1.165, 1.54) is 6.21 Å². The zero-order chi connectivity index (χ0) is 7.40. The Hall–Kier alpha value is -0.830. The molecule has 0 spiro atoms. The summed E-state index contributed by atoms with van der Waals surface area (Å²) in [5.74, 6) is 0. The Bertz CT molecular complexity index is 247. The van der Waals surface area contributed by atoms with Crippen molar-refractivity contribution in [3.05, 3.63) is 34.3 Å². The predicted molar refractivity (Wildman–Crippen MR) is 43.5 cm³/mol. The number of hydrogen-bond donors (Lipinski definition) is 1. The van der Waals surface area contributed by atoms with Crippen LogP contribution in [-0.2, 0) is 0 Å². The van der Waals surface area contributed by atoms with E-state index in [9.17, 15) is 0 Å². The highest BCUT2D eigenvalue weighted by molar-refractivity contribution is 9.10. The second-order valence-corrected chi connectivity index (χ2v) is 2.72. The highest BCUT2D eigenvalue weighted by atomic mass is 79.9. The van der Waals surface area contributed by atoms with Crippen LogP contribution in [0.3, 0.4) is 0 Å². The van der Waals surface area contributed by atoms with Gasteiger partial charge in [-0.1, -0.05) is 33.2 Å². The van der Waals surface area contributed by atoms with Gasteiger partial charge in [-0.15, -0.1) is 0 Å². The number of rotatable bonds is 1. The predicted octanol–water partition coefficient (Wildman–Crippen LogP) is 2.26. The fourth-order valence-electron chi connectivity index (χ4n) is 0.654. The third-order valence-electron chi connectivity index (χ3n) is 1.06. The van der Waals surface area contributed by atoms with Gasteiger partial charge in [0.2, 0.25) is 0 Å². The van der Waals surface area contributed by atoms with Crippen molar-refractivity contribution in [2.24, 2.45) is 5.16 Å². The van der Waals surface area contributed by atoms with Crippen LogP contribution in [0.5, 0.6) is 0 Å². The fraction of sp³-hybridized carbons (Fsp3) is 0. The molecule has 3 heteroatoms. The largest absolute Gasteiger partial charge is 0.411 e. The fourth-order valence-corrected chi connectivity index (χ4v) is 1.07. The van der Waals surface area contributed by atoms with Crippen molar-refractivity contribution < 1.29 is 5.21 Å². The Balaban J connectivity index is 2.95. The van der Waals surface area contributed by atoms with Crippen LogP contribution in [0.15, 0.2) is 33.9 Å². The highest BCUT2D eigenvalue weighted by Crippen LogP contribution is 2.09. The molecule has 0 saturated heterocycles. The van der Waals surface area contributed by atoms with Crippen molar-refractivity contribution in [3.8, 4) is 0 Å². The Morgan fingerprint density at radius 2 is 2.30 bits per heavy atom. The van der Waals surface area contributed by atoms with Crippen LogP contribution < -0.4 is 0 Å². The van der Waals surface area contributed by atoms with Gasteiger partial charge in [0.1, 0.15) is 0 Å². The van der Waals surface area contributed by atoms with Gasteiger partial charge in [-0.25, -0.2) is 0 Å². The third-order valence-corrected chi connectivity index (χ3v) is 1.55. The number of nitrogens with zero attached hydrogens (tertiary/aromatic N) is 1. The van der Waals surface area contributed by atoms with Gasteiger partial charge in [0, 0.05) is 4.47 Å². The van der Waals surface area contributed by atoms with Gasteiger partial charge in [0.15, 0.2) is 0 Å². The summed E-state index contributed by atoms with van der Waals surface area (Å²) < 4.78 is 0.977. The van der Waals surface area contributed by atoms with Gasteiger partial charge < -0.3 is 5.21 Å². The lowest BCUT2D eigenvalue weighted by Crippen LogP contribution is -1.78. The Kier molecular flexibility index (Phi) is 2.45. The van der Waals surface area contributed by atoms with Crippen molar-refractivity contribution in [2.45, 2.75) is 0 Å². The molecule has 0 amide bonds. The van der Waals surface area contributed by atoms with Gasteiger partial charge in [-0.2, -0.15) is 0 Å². The van der Waals surface area contributed by atoms with E-state index in [1.54, 1.807) is 0 Å². The molecule has 0 fully saturated rings. The van der Waals surface area contributed by atoms with Gasteiger partial charge in [0.05, 0.1) is 6.21 Å². The third kappa shape index (κ3) is 1.84. The van der Waals surface area contributed by atoms with E-state index in [4.69, 9.17) is 5.21 Å². The molecule has 1 rings (SSSR count). The molecule has 2 nitrogen and oxygen atoms in total. The maximum Gasteiger partial charge on any atom is 0.0734 e. The first-order valence-corrected chi connectivity index (χ1v) is 3.55. The van der Waals surface area contributed by atoms with E-state index < -0.39 is 0 Å². The molecule has 0 radical (unpaired) electrons. The maximum absolute atomic E-state index is 8.16. The van der Waals surface area contributed by atoms with E-state index in [0.29, 0.717) is 0 Å². The van der Waals surface area contributed by atoms with Crippen LogP contribution >= 0.6 is 15.9 Å². The maximum atomic E-state index is 8.16. The summed E-state index contributed by atoms with van der Waals surface area (Å²) in [6.45, 7) is 0. The summed E-state index contributed by atoms with van der Waals surface area (Å²) >= 11 is 3.29. The van der Waals surface area contributed by atoms with E-state index in [-0.39, 0.29) is 0 Å². The minimum atomic E-state index is 0.872. The minimum Gasteiger partial charge on any atom is -0.411 e. The summed E-state index contributed by atoms with van der Waals surface area (Å²) in [6, 6.07) is 7.50. The van der Waals surface area contributed by atoms with Crippen molar-refractivity contribution >= 4 is 22.1 Å². The summed E-state index contributed by atoms with van der Waals surface area (Å²) in [5.41, 5.74) is 0.872. The second kappa shape index (κ2) is 3.37. The number of hydrogen-bond acceptors (Lipinski definition) is 2. The molecular formula is C7H6BrNO. The minimum absolute atomic E-state index is 0.872. The first-order valence-electron chi connectivity index (χ1n) is 2.76. The molecule has 1 N–H and O–H groups in total.